The van der Waals surface area contributed by atoms with E-state index >= 15 is 0 Å². The summed E-state index contributed by atoms with van der Waals surface area (Å²) in [5.74, 6) is -0.358. The molecule has 2 aromatic rings. The van der Waals surface area contributed by atoms with Gasteiger partial charge >= 0.3 is 5.97 Å². The van der Waals surface area contributed by atoms with Crippen LogP contribution in [-0.2, 0) is 0 Å². The molecule has 0 aromatic heterocycles. The number of nitrogens with two attached hydrogens (primary N) is 1. The van der Waals surface area contributed by atoms with Crippen molar-refractivity contribution in [3.8, 4) is 5.75 Å². The number of halogens is 1. The normalized spacial score (nSPS) is 10.1. The van der Waals surface area contributed by atoms with Crippen LogP contribution in [0.25, 0.3) is 0 Å². The van der Waals surface area contributed by atoms with Crippen LogP contribution in [0.3, 0.4) is 0 Å². The van der Waals surface area contributed by atoms with Crippen LogP contribution in [0.4, 0.5) is 17.1 Å². The summed E-state index contributed by atoms with van der Waals surface area (Å²) in [7, 11) is 1.57. The summed E-state index contributed by atoms with van der Waals surface area (Å²) in [4.78, 5) is 11.2. The van der Waals surface area contributed by atoms with Gasteiger partial charge in [0.1, 0.15) is 5.75 Å². The molecule has 0 aliphatic carbocycles. The number of hydrogen-bond donors (Lipinski definition) is 3. The number of aromatic carboxylic acids is 1. The Morgan fingerprint density at radius 1 is 1.25 bits per heavy atom. The quantitative estimate of drug-likeness (QED) is 0.744. The van der Waals surface area contributed by atoms with Crippen molar-refractivity contribution in [1.29, 1.82) is 0 Å². The van der Waals surface area contributed by atoms with Crippen molar-refractivity contribution in [2.45, 2.75) is 0 Å². The van der Waals surface area contributed by atoms with Gasteiger partial charge in [0, 0.05) is 16.2 Å². The summed E-state index contributed by atoms with van der Waals surface area (Å²) in [6, 6.07) is 9.97. The van der Waals surface area contributed by atoms with Gasteiger partial charge in [-0.05, 0) is 46.3 Å². The van der Waals surface area contributed by atoms with E-state index in [-0.39, 0.29) is 5.56 Å². The zero-order chi connectivity index (χ0) is 14.7. The standard InChI is InChI=1S/C14H13BrN2O3/c1-20-9-3-5-11(15)13(7-9)17-12-6-8(16)2-4-10(12)14(18)19/h2-7,17H,16H2,1H3,(H,18,19). The second-order valence-electron chi connectivity index (χ2n) is 4.08. The SMILES string of the molecule is COc1ccc(Br)c(Nc2cc(N)ccc2C(=O)O)c1. The molecule has 0 amide bonds. The highest BCUT2D eigenvalue weighted by Gasteiger charge is 2.12. The summed E-state index contributed by atoms with van der Waals surface area (Å²) in [6.07, 6.45) is 0. The molecule has 2 aromatic carbocycles. The Bertz CT molecular complexity index is 659. The van der Waals surface area contributed by atoms with Gasteiger partial charge < -0.3 is 20.9 Å². The Labute approximate surface area is 124 Å². The highest BCUT2D eigenvalue weighted by Crippen LogP contribution is 2.31. The lowest BCUT2D eigenvalue weighted by Gasteiger charge is -2.13. The maximum atomic E-state index is 11.2. The Morgan fingerprint density at radius 3 is 2.65 bits per heavy atom. The molecule has 0 saturated carbocycles. The number of benzene rings is 2. The molecule has 0 spiro atoms. The monoisotopic (exact) mass is 336 g/mol. The molecule has 0 unspecified atom stereocenters. The number of carbonyl (C=O) groups is 1. The predicted octanol–water partition coefficient (Wildman–Crippen LogP) is 3.48. The molecule has 0 atom stereocenters. The average Bonchev–Trinajstić information content (AvgIpc) is 2.41. The van der Waals surface area contributed by atoms with Gasteiger partial charge in [-0.3, -0.25) is 0 Å². The molecule has 2 rings (SSSR count). The van der Waals surface area contributed by atoms with E-state index in [2.05, 4.69) is 21.2 Å². The highest BCUT2D eigenvalue weighted by molar-refractivity contribution is 9.10. The summed E-state index contributed by atoms with van der Waals surface area (Å²) in [5, 5.41) is 12.2. The molecule has 5 nitrogen and oxygen atoms in total. The summed E-state index contributed by atoms with van der Waals surface area (Å²) in [6.45, 7) is 0. The molecule has 6 heteroatoms. The Kier molecular flexibility index (Phi) is 4.14. The number of nitrogens with one attached hydrogen (secondary N) is 1. The summed E-state index contributed by atoms with van der Waals surface area (Å²) >= 11 is 3.40. The van der Waals surface area contributed by atoms with Crippen molar-refractivity contribution in [3.63, 3.8) is 0 Å². The van der Waals surface area contributed by atoms with E-state index in [1.54, 1.807) is 31.4 Å². The Hall–Kier alpha value is -2.21. The number of rotatable bonds is 4. The third-order valence-electron chi connectivity index (χ3n) is 2.72. The summed E-state index contributed by atoms with van der Waals surface area (Å²) < 4.78 is 5.94. The lowest BCUT2D eigenvalue weighted by atomic mass is 10.1. The molecule has 4 N–H and O–H groups in total. The zero-order valence-electron chi connectivity index (χ0n) is 10.7. The third-order valence-corrected chi connectivity index (χ3v) is 3.41. The first-order valence-corrected chi connectivity index (χ1v) is 6.54. The predicted molar refractivity (Wildman–Crippen MR) is 81.8 cm³/mol. The molecule has 0 bridgehead atoms. The molecule has 0 radical (unpaired) electrons. The van der Waals surface area contributed by atoms with Gasteiger partial charge in [-0.1, -0.05) is 0 Å². The fraction of sp³-hybridized carbons (Fsp3) is 0.0714. The van der Waals surface area contributed by atoms with Crippen molar-refractivity contribution in [2.75, 3.05) is 18.2 Å². The van der Waals surface area contributed by atoms with Gasteiger partial charge in [0.15, 0.2) is 0 Å². The first-order chi connectivity index (χ1) is 9.51. The van der Waals surface area contributed by atoms with Crippen LogP contribution in [0.2, 0.25) is 0 Å². The van der Waals surface area contributed by atoms with Gasteiger partial charge in [0.25, 0.3) is 0 Å². The Morgan fingerprint density at radius 2 is 2.00 bits per heavy atom. The van der Waals surface area contributed by atoms with Crippen LogP contribution in [0, 0.1) is 0 Å². The lowest BCUT2D eigenvalue weighted by molar-refractivity contribution is 0.0698. The fourth-order valence-electron chi connectivity index (χ4n) is 1.72. The second kappa shape index (κ2) is 5.83. The number of carboxylic acid groups (broad SMARTS) is 1. The maximum Gasteiger partial charge on any atom is 0.337 e. The molecule has 0 fully saturated rings. The van der Waals surface area contributed by atoms with Gasteiger partial charge in [0.2, 0.25) is 0 Å². The molecule has 0 aliphatic heterocycles. The molecule has 0 saturated heterocycles. The molecule has 20 heavy (non-hydrogen) atoms. The van der Waals surface area contributed by atoms with E-state index in [1.165, 1.54) is 6.07 Å². The number of hydrogen-bond acceptors (Lipinski definition) is 4. The number of ether oxygens (including phenoxy) is 1. The lowest BCUT2D eigenvalue weighted by Crippen LogP contribution is -2.04. The van der Waals surface area contributed by atoms with Gasteiger partial charge in [0.05, 0.1) is 24.0 Å². The van der Waals surface area contributed by atoms with Crippen LogP contribution in [0.5, 0.6) is 5.75 Å². The molecule has 0 heterocycles. The van der Waals surface area contributed by atoms with Crippen LogP contribution in [0.15, 0.2) is 40.9 Å². The van der Waals surface area contributed by atoms with E-state index < -0.39 is 5.97 Å². The minimum absolute atomic E-state index is 0.147. The number of carboxylic acids is 1. The molecular formula is C14H13BrN2O3. The van der Waals surface area contributed by atoms with E-state index in [4.69, 9.17) is 10.5 Å². The van der Waals surface area contributed by atoms with Crippen LogP contribution in [-0.4, -0.2) is 18.2 Å². The smallest absolute Gasteiger partial charge is 0.337 e. The highest BCUT2D eigenvalue weighted by atomic mass is 79.9. The van der Waals surface area contributed by atoms with Crippen LogP contribution in [0.1, 0.15) is 10.4 Å². The minimum atomic E-state index is -1.02. The van der Waals surface area contributed by atoms with Crippen LogP contribution >= 0.6 is 15.9 Å². The van der Waals surface area contributed by atoms with Crippen LogP contribution < -0.4 is 15.8 Å². The van der Waals surface area contributed by atoms with Crippen molar-refractivity contribution >= 4 is 39.0 Å². The first-order valence-electron chi connectivity index (χ1n) is 5.74. The zero-order valence-corrected chi connectivity index (χ0v) is 12.3. The largest absolute Gasteiger partial charge is 0.497 e. The summed E-state index contributed by atoms with van der Waals surface area (Å²) in [5.41, 5.74) is 7.45. The van der Waals surface area contributed by atoms with Gasteiger partial charge in [-0.25, -0.2) is 4.79 Å². The van der Waals surface area contributed by atoms with E-state index in [0.717, 1.165) is 4.47 Å². The Balaban J connectivity index is 2.43. The van der Waals surface area contributed by atoms with E-state index in [9.17, 15) is 9.90 Å². The molecule has 104 valence electrons. The second-order valence-corrected chi connectivity index (χ2v) is 4.94. The van der Waals surface area contributed by atoms with E-state index in [0.29, 0.717) is 22.8 Å². The van der Waals surface area contributed by atoms with Crippen molar-refractivity contribution in [1.82, 2.24) is 0 Å². The molecular weight excluding hydrogens is 324 g/mol. The minimum Gasteiger partial charge on any atom is -0.497 e. The number of nitrogen functional groups attached to an aromatic ring is 1. The fourth-order valence-corrected chi connectivity index (χ4v) is 2.07. The molecule has 0 aliphatic rings. The maximum absolute atomic E-state index is 11.2. The van der Waals surface area contributed by atoms with Crippen molar-refractivity contribution in [2.24, 2.45) is 0 Å². The number of anilines is 3. The topological polar surface area (TPSA) is 84.6 Å². The number of methoxy groups -OCH3 is 1. The first kappa shape index (κ1) is 14.2. The third kappa shape index (κ3) is 3.03. The van der Waals surface area contributed by atoms with E-state index in [1.807, 2.05) is 6.07 Å². The van der Waals surface area contributed by atoms with Crippen molar-refractivity contribution < 1.29 is 14.6 Å². The van der Waals surface area contributed by atoms with Crippen molar-refractivity contribution in [3.05, 3.63) is 46.4 Å². The van der Waals surface area contributed by atoms with Gasteiger partial charge in [-0.15, -0.1) is 0 Å². The van der Waals surface area contributed by atoms with Gasteiger partial charge in [-0.2, -0.15) is 0 Å². The average molecular weight is 337 g/mol.